The van der Waals surface area contributed by atoms with Crippen LogP contribution in [0.3, 0.4) is 0 Å². The second kappa shape index (κ2) is 8.68. The normalized spacial score (nSPS) is 12.6. The molecule has 0 aliphatic carbocycles. The van der Waals surface area contributed by atoms with E-state index in [1.165, 1.54) is 0 Å². The minimum atomic E-state index is -0.394. The Morgan fingerprint density at radius 3 is 2.29 bits per heavy atom. The molecule has 0 saturated heterocycles. The molecule has 134 valence electrons. The molecule has 2 amide bonds. The third-order valence-corrected chi connectivity index (χ3v) is 3.57. The van der Waals surface area contributed by atoms with Crippen LogP contribution in [0.15, 0.2) is 24.3 Å². The Balaban J connectivity index is 2.46. The van der Waals surface area contributed by atoms with Gasteiger partial charge in [-0.3, -0.25) is 14.5 Å². The number of benzene rings is 1. The number of hydrogen-bond acceptors (Lipinski definition) is 4. The van der Waals surface area contributed by atoms with Crippen molar-refractivity contribution in [1.82, 2.24) is 15.5 Å². The minimum Gasteiger partial charge on any atom is -0.497 e. The Bertz CT molecular complexity index is 550. The van der Waals surface area contributed by atoms with E-state index >= 15 is 0 Å². The molecule has 0 unspecified atom stereocenters. The van der Waals surface area contributed by atoms with Crippen LogP contribution in [0, 0.1) is 0 Å². The lowest BCUT2D eigenvalue weighted by Crippen LogP contribution is -2.50. The van der Waals surface area contributed by atoms with Crippen LogP contribution < -0.4 is 15.4 Å². The number of ether oxygens (including phenoxy) is 1. The maximum Gasteiger partial charge on any atom is 0.237 e. The average Bonchev–Trinajstić information content (AvgIpc) is 2.50. The quantitative estimate of drug-likeness (QED) is 0.793. The highest BCUT2D eigenvalue weighted by atomic mass is 16.5. The minimum absolute atomic E-state index is 0.0974. The van der Waals surface area contributed by atoms with E-state index in [-0.39, 0.29) is 23.9 Å². The van der Waals surface area contributed by atoms with Crippen LogP contribution in [0.5, 0.6) is 5.75 Å². The number of methoxy groups -OCH3 is 1. The average molecular weight is 335 g/mol. The predicted octanol–water partition coefficient (Wildman–Crippen LogP) is 1.55. The molecular formula is C18H29N3O3. The summed E-state index contributed by atoms with van der Waals surface area (Å²) < 4.78 is 5.10. The smallest absolute Gasteiger partial charge is 0.237 e. The second-order valence-electron chi connectivity index (χ2n) is 6.96. The second-order valence-corrected chi connectivity index (χ2v) is 6.96. The van der Waals surface area contributed by atoms with E-state index in [9.17, 15) is 9.59 Å². The van der Waals surface area contributed by atoms with Gasteiger partial charge in [-0.15, -0.1) is 0 Å². The topological polar surface area (TPSA) is 70.7 Å². The van der Waals surface area contributed by atoms with E-state index in [0.29, 0.717) is 6.54 Å². The fourth-order valence-corrected chi connectivity index (χ4v) is 2.10. The summed E-state index contributed by atoms with van der Waals surface area (Å²) in [7, 11) is 3.38. The van der Waals surface area contributed by atoms with Gasteiger partial charge in [-0.2, -0.15) is 0 Å². The number of likely N-dealkylation sites (N-methyl/N-ethyl adjacent to an activating group) is 1. The van der Waals surface area contributed by atoms with Gasteiger partial charge in [-0.05, 0) is 52.4 Å². The molecule has 6 heteroatoms. The Morgan fingerprint density at radius 1 is 1.21 bits per heavy atom. The maximum atomic E-state index is 12.2. The van der Waals surface area contributed by atoms with Gasteiger partial charge in [0.25, 0.3) is 0 Å². The van der Waals surface area contributed by atoms with Gasteiger partial charge in [-0.1, -0.05) is 12.1 Å². The molecule has 2 N–H and O–H groups in total. The highest BCUT2D eigenvalue weighted by molar-refractivity contribution is 5.83. The monoisotopic (exact) mass is 335 g/mol. The standard InChI is InChI=1S/C18H29N3O3/c1-13(21(5)12-16(22)20-18(2,3)4)17(23)19-11-14-7-9-15(24-6)10-8-14/h7-10,13H,11-12H2,1-6H3,(H,19,23)(H,20,22)/t13-/m0/s1. The predicted molar refractivity (Wildman–Crippen MR) is 94.8 cm³/mol. The molecule has 1 atom stereocenters. The Hall–Kier alpha value is -2.08. The largest absolute Gasteiger partial charge is 0.497 e. The number of carbonyl (C=O) groups is 2. The van der Waals surface area contributed by atoms with E-state index in [1.54, 1.807) is 26.0 Å². The number of amides is 2. The molecule has 0 aliphatic rings. The number of rotatable bonds is 7. The summed E-state index contributed by atoms with van der Waals surface area (Å²) >= 11 is 0. The molecule has 0 aromatic heterocycles. The summed E-state index contributed by atoms with van der Waals surface area (Å²) in [6.45, 7) is 8.18. The zero-order chi connectivity index (χ0) is 18.3. The Morgan fingerprint density at radius 2 is 1.79 bits per heavy atom. The fourth-order valence-electron chi connectivity index (χ4n) is 2.10. The number of nitrogens with zero attached hydrogens (tertiary/aromatic N) is 1. The van der Waals surface area contributed by atoms with Crippen molar-refractivity contribution in [2.75, 3.05) is 20.7 Å². The molecule has 0 heterocycles. The first-order valence-corrected chi connectivity index (χ1v) is 8.04. The zero-order valence-corrected chi connectivity index (χ0v) is 15.5. The van der Waals surface area contributed by atoms with Gasteiger partial charge in [0.1, 0.15) is 5.75 Å². The SMILES string of the molecule is COc1ccc(CNC(=O)[C@H](C)N(C)CC(=O)NC(C)(C)C)cc1. The maximum absolute atomic E-state index is 12.2. The lowest BCUT2D eigenvalue weighted by molar-refractivity contribution is -0.128. The van der Waals surface area contributed by atoms with Gasteiger partial charge in [0, 0.05) is 12.1 Å². The lowest BCUT2D eigenvalue weighted by Gasteiger charge is -2.26. The first kappa shape index (κ1) is 20.0. The van der Waals surface area contributed by atoms with Gasteiger partial charge in [-0.25, -0.2) is 0 Å². The molecule has 6 nitrogen and oxygen atoms in total. The van der Waals surface area contributed by atoms with Gasteiger partial charge in [0.2, 0.25) is 11.8 Å². The molecule has 0 fully saturated rings. The van der Waals surface area contributed by atoms with Crippen LogP contribution in [0.2, 0.25) is 0 Å². The van der Waals surface area contributed by atoms with Crippen LogP contribution >= 0.6 is 0 Å². The van der Waals surface area contributed by atoms with Crippen molar-refractivity contribution in [3.63, 3.8) is 0 Å². The third-order valence-electron chi connectivity index (χ3n) is 3.57. The molecule has 0 spiro atoms. The number of nitrogens with one attached hydrogen (secondary N) is 2. The molecule has 0 bridgehead atoms. The van der Waals surface area contributed by atoms with E-state index < -0.39 is 6.04 Å². The molecule has 1 aromatic carbocycles. The van der Waals surface area contributed by atoms with Crippen LogP contribution in [0.25, 0.3) is 0 Å². The molecular weight excluding hydrogens is 306 g/mol. The van der Waals surface area contributed by atoms with Crippen molar-refractivity contribution >= 4 is 11.8 Å². The fraction of sp³-hybridized carbons (Fsp3) is 0.556. The van der Waals surface area contributed by atoms with Crippen molar-refractivity contribution < 1.29 is 14.3 Å². The van der Waals surface area contributed by atoms with Crippen molar-refractivity contribution in [2.45, 2.75) is 45.8 Å². The number of carbonyl (C=O) groups excluding carboxylic acids is 2. The van der Waals surface area contributed by atoms with Gasteiger partial charge < -0.3 is 15.4 Å². The molecule has 0 saturated carbocycles. The molecule has 1 aromatic rings. The molecule has 1 rings (SSSR count). The lowest BCUT2D eigenvalue weighted by atomic mass is 10.1. The first-order chi connectivity index (χ1) is 11.1. The van der Waals surface area contributed by atoms with E-state index in [1.807, 2.05) is 45.0 Å². The summed E-state index contributed by atoms with van der Waals surface area (Å²) in [6.07, 6.45) is 0. The molecule has 24 heavy (non-hydrogen) atoms. The Kier molecular flexibility index (Phi) is 7.22. The van der Waals surface area contributed by atoms with Crippen molar-refractivity contribution in [3.8, 4) is 5.75 Å². The molecule has 0 aliphatic heterocycles. The summed E-state index contributed by atoms with van der Waals surface area (Å²) in [6, 6.07) is 7.13. The summed E-state index contributed by atoms with van der Waals surface area (Å²) in [4.78, 5) is 25.9. The van der Waals surface area contributed by atoms with Crippen LogP contribution in [-0.4, -0.2) is 49.0 Å². The summed E-state index contributed by atoms with van der Waals surface area (Å²) in [5.41, 5.74) is 0.710. The van der Waals surface area contributed by atoms with Gasteiger partial charge in [0.05, 0.1) is 19.7 Å². The van der Waals surface area contributed by atoms with Crippen LogP contribution in [-0.2, 0) is 16.1 Å². The van der Waals surface area contributed by atoms with E-state index in [2.05, 4.69) is 10.6 Å². The zero-order valence-electron chi connectivity index (χ0n) is 15.5. The van der Waals surface area contributed by atoms with Crippen molar-refractivity contribution in [3.05, 3.63) is 29.8 Å². The third kappa shape index (κ3) is 7.00. The Labute approximate surface area is 144 Å². The van der Waals surface area contributed by atoms with Gasteiger partial charge in [0.15, 0.2) is 0 Å². The summed E-state index contributed by atoms with van der Waals surface area (Å²) in [5.74, 6) is 0.569. The van der Waals surface area contributed by atoms with Crippen LogP contribution in [0.4, 0.5) is 0 Å². The van der Waals surface area contributed by atoms with Crippen LogP contribution in [0.1, 0.15) is 33.3 Å². The van der Waals surface area contributed by atoms with Crippen molar-refractivity contribution in [2.24, 2.45) is 0 Å². The van der Waals surface area contributed by atoms with Gasteiger partial charge >= 0.3 is 0 Å². The van der Waals surface area contributed by atoms with E-state index in [0.717, 1.165) is 11.3 Å². The van der Waals surface area contributed by atoms with E-state index in [4.69, 9.17) is 4.74 Å². The number of hydrogen-bond donors (Lipinski definition) is 2. The highest BCUT2D eigenvalue weighted by Gasteiger charge is 2.21. The highest BCUT2D eigenvalue weighted by Crippen LogP contribution is 2.11. The van der Waals surface area contributed by atoms with Crippen molar-refractivity contribution in [1.29, 1.82) is 0 Å². The summed E-state index contributed by atoms with van der Waals surface area (Å²) in [5, 5.41) is 5.77. The first-order valence-electron chi connectivity index (χ1n) is 8.04. The molecule has 0 radical (unpaired) electrons.